The Kier molecular flexibility index (Phi) is 5.49. The molecule has 0 spiro atoms. The Morgan fingerprint density at radius 3 is 2.75 bits per heavy atom. The van der Waals surface area contributed by atoms with E-state index < -0.39 is 0 Å². The highest BCUT2D eigenvalue weighted by atomic mass is 16.6. The molecular weight excluding hydrogens is 258 g/mol. The minimum Gasteiger partial charge on any atom is -0.493 e. The molecule has 1 aliphatic rings. The van der Waals surface area contributed by atoms with Crippen molar-refractivity contribution >= 4 is 0 Å². The molecule has 1 N–H and O–H groups in total. The van der Waals surface area contributed by atoms with E-state index in [0.717, 1.165) is 30.0 Å². The lowest BCUT2D eigenvalue weighted by molar-refractivity contribution is 0.162. The average molecular weight is 281 g/mol. The predicted molar refractivity (Wildman–Crippen MR) is 76.8 cm³/mol. The number of methoxy groups -OCH3 is 2. The first-order chi connectivity index (χ1) is 9.78. The van der Waals surface area contributed by atoms with Gasteiger partial charge in [0.1, 0.15) is 13.2 Å². The Morgan fingerprint density at radius 2 is 2.05 bits per heavy atom. The number of rotatable bonds is 7. The summed E-state index contributed by atoms with van der Waals surface area (Å²) in [6, 6.07) is 4.34. The highest BCUT2D eigenvalue weighted by Gasteiger charge is 2.18. The van der Waals surface area contributed by atoms with Crippen LogP contribution < -0.4 is 19.5 Å². The molecule has 1 aromatic rings. The van der Waals surface area contributed by atoms with Gasteiger partial charge >= 0.3 is 0 Å². The molecule has 0 fully saturated rings. The fraction of sp³-hybridized carbons (Fsp3) is 0.600. The number of fused-ring (bicyclic) bond motifs is 1. The fourth-order valence-corrected chi connectivity index (χ4v) is 2.21. The van der Waals surface area contributed by atoms with Crippen molar-refractivity contribution in [1.82, 2.24) is 5.32 Å². The maximum atomic E-state index is 5.63. The summed E-state index contributed by atoms with van der Waals surface area (Å²) in [5.41, 5.74) is 1.11. The minimum absolute atomic E-state index is 0.346. The van der Waals surface area contributed by atoms with Crippen LogP contribution in [0.1, 0.15) is 18.9 Å². The summed E-state index contributed by atoms with van der Waals surface area (Å²) >= 11 is 0. The molecule has 0 amide bonds. The molecule has 1 atom stereocenters. The van der Waals surface area contributed by atoms with E-state index in [1.807, 2.05) is 12.1 Å². The van der Waals surface area contributed by atoms with Crippen molar-refractivity contribution in [2.45, 2.75) is 25.9 Å². The standard InChI is InChI=1S/C15H23NO4/c1-4-12(10-17-2)16-9-11-7-13(18-3)15-14(8-11)19-5-6-20-15/h7-8,12,16H,4-6,9-10H2,1-3H3. The van der Waals surface area contributed by atoms with Crippen molar-refractivity contribution in [3.63, 3.8) is 0 Å². The van der Waals surface area contributed by atoms with Gasteiger partial charge in [-0.3, -0.25) is 0 Å². The maximum Gasteiger partial charge on any atom is 0.203 e. The zero-order chi connectivity index (χ0) is 14.4. The Labute approximate surface area is 120 Å². The van der Waals surface area contributed by atoms with Gasteiger partial charge in [0.05, 0.1) is 13.7 Å². The molecule has 20 heavy (non-hydrogen) atoms. The zero-order valence-electron chi connectivity index (χ0n) is 12.4. The van der Waals surface area contributed by atoms with Gasteiger partial charge in [0.15, 0.2) is 11.5 Å². The smallest absolute Gasteiger partial charge is 0.203 e. The Hall–Kier alpha value is -1.46. The third kappa shape index (κ3) is 3.55. The van der Waals surface area contributed by atoms with E-state index in [0.29, 0.717) is 31.6 Å². The van der Waals surface area contributed by atoms with E-state index in [1.54, 1.807) is 14.2 Å². The molecule has 0 saturated carbocycles. The van der Waals surface area contributed by atoms with Crippen LogP contribution in [0.25, 0.3) is 0 Å². The quantitative estimate of drug-likeness (QED) is 0.828. The maximum absolute atomic E-state index is 5.63. The zero-order valence-corrected chi connectivity index (χ0v) is 12.4. The number of ether oxygens (including phenoxy) is 4. The second kappa shape index (κ2) is 7.36. The van der Waals surface area contributed by atoms with Crippen molar-refractivity contribution in [2.24, 2.45) is 0 Å². The lowest BCUT2D eigenvalue weighted by Gasteiger charge is -2.22. The summed E-state index contributed by atoms with van der Waals surface area (Å²) in [6.07, 6.45) is 1.02. The van der Waals surface area contributed by atoms with E-state index in [9.17, 15) is 0 Å². The topological polar surface area (TPSA) is 49.0 Å². The highest BCUT2D eigenvalue weighted by Crippen LogP contribution is 2.40. The van der Waals surface area contributed by atoms with Gasteiger partial charge in [-0.05, 0) is 24.1 Å². The van der Waals surface area contributed by atoms with Gasteiger partial charge < -0.3 is 24.3 Å². The van der Waals surface area contributed by atoms with Crippen molar-refractivity contribution in [3.8, 4) is 17.2 Å². The monoisotopic (exact) mass is 281 g/mol. The largest absolute Gasteiger partial charge is 0.493 e. The van der Waals surface area contributed by atoms with Gasteiger partial charge in [0.2, 0.25) is 5.75 Å². The molecule has 112 valence electrons. The van der Waals surface area contributed by atoms with E-state index in [4.69, 9.17) is 18.9 Å². The molecular formula is C15H23NO4. The Balaban J connectivity index is 2.08. The van der Waals surface area contributed by atoms with Crippen molar-refractivity contribution in [2.75, 3.05) is 34.0 Å². The highest BCUT2D eigenvalue weighted by molar-refractivity contribution is 5.54. The van der Waals surface area contributed by atoms with Crippen molar-refractivity contribution in [1.29, 1.82) is 0 Å². The van der Waals surface area contributed by atoms with Crippen molar-refractivity contribution < 1.29 is 18.9 Å². The first kappa shape index (κ1) is 14.9. The van der Waals surface area contributed by atoms with Crippen molar-refractivity contribution in [3.05, 3.63) is 17.7 Å². The molecule has 1 heterocycles. The molecule has 5 heteroatoms. The molecule has 0 radical (unpaired) electrons. The molecule has 0 saturated heterocycles. The summed E-state index contributed by atoms with van der Waals surface area (Å²) in [5.74, 6) is 2.18. The summed E-state index contributed by atoms with van der Waals surface area (Å²) in [6.45, 7) is 4.73. The number of benzene rings is 1. The lowest BCUT2D eigenvalue weighted by atomic mass is 10.1. The predicted octanol–water partition coefficient (Wildman–Crippen LogP) is 1.98. The first-order valence-corrected chi connectivity index (χ1v) is 6.97. The van der Waals surface area contributed by atoms with E-state index in [-0.39, 0.29) is 0 Å². The van der Waals surface area contributed by atoms with Gasteiger partial charge in [0.25, 0.3) is 0 Å². The van der Waals surface area contributed by atoms with E-state index in [2.05, 4.69) is 12.2 Å². The van der Waals surface area contributed by atoms with Gasteiger partial charge in [-0.2, -0.15) is 0 Å². The van der Waals surface area contributed by atoms with Crippen LogP contribution in [-0.4, -0.2) is 40.1 Å². The summed E-state index contributed by atoms with van der Waals surface area (Å²) in [7, 11) is 3.36. The molecule has 5 nitrogen and oxygen atoms in total. The number of nitrogens with one attached hydrogen (secondary N) is 1. The van der Waals surface area contributed by atoms with Gasteiger partial charge in [-0.1, -0.05) is 6.92 Å². The SMILES string of the molecule is CCC(COC)NCc1cc(OC)c2c(c1)OCCO2. The third-order valence-electron chi connectivity index (χ3n) is 3.34. The van der Waals surface area contributed by atoms with Gasteiger partial charge in [-0.15, -0.1) is 0 Å². The first-order valence-electron chi connectivity index (χ1n) is 6.97. The van der Waals surface area contributed by atoms with Crippen LogP contribution in [0.4, 0.5) is 0 Å². The number of hydrogen-bond acceptors (Lipinski definition) is 5. The average Bonchev–Trinajstić information content (AvgIpc) is 2.50. The second-order valence-electron chi connectivity index (χ2n) is 4.76. The van der Waals surface area contributed by atoms with Crippen LogP contribution >= 0.6 is 0 Å². The van der Waals surface area contributed by atoms with Crippen LogP contribution in [0.15, 0.2) is 12.1 Å². The van der Waals surface area contributed by atoms with E-state index >= 15 is 0 Å². The third-order valence-corrected chi connectivity index (χ3v) is 3.34. The van der Waals surface area contributed by atoms with Crippen LogP contribution in [0.2, 0.25) is 0 Å². The van der Waals surface area contributed by atoms with Crippen LogP contribution in [0.5, 0.6) is 17.2 Å². The fourth-order valence-electron chi connectivity index (χ4n) is 2.21. The Morgan fingerprint density at radius 1 is 1.25 bits per heavy atom. The van der Waals surface area contributed by atoms with Gasteiger partial charge in [0, 0.05) is 19.7 Å². The molecule has 0 aliphatic carbocycles. The number of hydrogen-bond donors (Lipinski definition) is 1. The summed E-state index contributed by atoms with van der Waals surface area (Å²) < 4.78 is 21.8. The van der Waals surface area contributed by atoms with E-state index in [1.165, 1.54) is 0 Å². The molecule has 1 aliphatic heterocycles. The van der Waals surface area contributed by atoms with Crippen LogP contribution in [0.3, 0.4) is 0 Å². The molecule has 1 unspecified atom stereocenters. The normalized spacial score (nSPS) is 14.9. The molecule has 1 aromatic carbocycles. The molecule has 2 rings (SSSR count). The van der Waals surface area contributed by atoms with Crippen LogP contribution in [-0.2, 0) is 11.3 Å². The van der Waals surface area contributed by atoms with Gasteiger partial charge in [-0.25, -0.2) is 0 Å². The molecule has 0 bridgehead atoms. The second-order valence-corrected chi connectivity index (χ2v) is 4.76. The summed E-state index contributed by atoms with van der Waals surface area (Å²) in [4.78, 5) is 0. The lowest BCUT2D eigenvalue weighted by Crippen LogP contribution is -2.32. The summed E-state index contributed by atoms with van der Waals surface area (Å²) in [5, 5.41) is 3.47. The molecule has 0 aromatic heterocycles. The minimum atomic E-state index is 0.346. The van der Waals surface area contributed by atoms with Crippen LogP contribution in [0, 0.1) is 0 Å². The Bertz CT molecular complexity index is 419.